The number of aromatic nitrogens is 2. The van der Waals surface area contributed by atoms with E-state index >= 15 is 0 Å². The number of hydrogen-bond donors (Lipinski definition) is 0. The summed E-state index contributed by atoms with van der Waals surface area (Å²) < 4.78 is 19.1. The van der Waals surface area contributed by atoms with E-state index in [0.29, 0.717) is 36.8 Å². The Hall–Kier alpha value is -2.34. The predicted molar refractivity (Wildman–Crippen MR) is 82.5 cm³/mol. The van der Waals surface area contributed by atoms with Gasteiger partial charge in [-0.1, -0.05) is 12.1 Å². The van der Waals surface area contributed by atoms with Gasteiger partial charge in [0.15, 0.2) is 0 Å². The van der Waals surface area contributed by atoms with Crippen molar-refractivity contribution >= 4 is 5.91 Å². The fourth-order valence-electron chi connectivity index (χ4n) is 2.71. The Labute approximate surface area is 134 Å². The predicted octanol–water partition coefficient (Wildman–Crippen LogP) is 2.45. The molecule has 3 rings (SSSR count). The molecule has 0 spiro atoms. The molecule has 0 bridgehead atoms. The maximum atomic E-state index is 13.4. The van der Waals surface area contributed by atoms with Crippen LogP contribution in [0.4, 0.5) is 4.39 Å². The second-order valence-corrected chi connectivity index (χ2v) is 5.58. The lowest BCUT2D eigenvalue weighted by Gasteiger charge is -2.33. The molecular formula is C17H18FN3O2. The number of halogens is 1. The van der Waals surface area contributed by atoms with Gasteiger partial charge in [0.2, 0.25) is 0 Å². The third kappa shape index (κ3) is 3.37. The minimum absolute atomic E-state index is 0.118. The van der Waals surface area contributed by atoms with Gasteiger partial charge < -0.3 is 9.64 Å². The molecule has 1 aromatic carbocycles. The van der Waals surface area contributed by atoms with Crippen LogP contribution in [0.3, 0.4) is 0 Å². The first kappa shape index (κ1) is 15.6. The van der Waals surface area contributed by atoms with Gasteiger partial charge in [-0.15, -0.1) is 0 Å². The van der Waals surface area contributed by atoms with E-state index in [2.05, 4.69) is 9.97 Å². The molecule has 1 aromatic heterocycles. The number of hydrogen-bond acceptors (Lipinski definition) is 4. The van der Waals surface area contributed by atoms with E-state index in [4.69, 9.17) is 4.74 Å². The summed E-state index contributed by atoms with van der Waals surface area (Å²) in [4.78, 5) is 22.7. The Bertz CT molecular complexity index is 736. The zero-order valence-electron chi connectivity index (χ0n) is 13.1. The minimum atomic E-state index is -0.324. The lowest BCUT2D eigenvalue weighted by molar-refractivity contribution is -0.0229. The quantitative estimate of drug-likeness (QED) is 0.854. The SMILES string of the molecule is Cc1ncc(C(=O)N2CCOC(c3cccc(F)c3)C2)c(C)n1. The van der Waals surface area contributed by atoms with Gasteiger partial charge >= 0.3 is 0 Å². The summed E-state index contributed by atoms with van der Waals surface area (Å²) in [5.74, 6) is 0.211. The number of aryl methyl sites for hydroxylation is 2. The van der Waals surface area contributed by atoms with E-state index in [1.807, 2.05) is 6.07 Å². The number of benzene rings is 1. The second-order valence-electron chi connectivity index (χ2n) is 5.58. The Morgan fingerprint density at radius 1 is 1.39 bits per heavy atom. The third-order valence-electron chi connectivity index (χ3n) is 3.90. The summed E-state index contributed by atoms with van der Waals surface area (Å²) in [6.45, 7) is 4.88. The molecule has 0 saturated carbocycles. The first-order valence-corrected chi connectivity index (χ1v) is 7.51. The van der Waals surface area contributed by atoms with E-state index in [-0.39, 0.29) is 17.8 Å². The molecule has 2 aromatic rings. The van der Waals surface area contributed by atoms with Crippen molar-refractivity contribution in [3.63, 3.8) is 0 Å². The normalized spacial score (nSPS) is 18.0. The van der Waals surface area contributed by atoms with Crippen LogP contribution in [-0.4, -0.2) is 40.5 Å². The number of rotatable bonds is 2. The van der Waals surface area contributed by atoms with Crippen LogP contribution in [0.2, 0.25) is 0 Å². The molecule has 0 N–H and O–H groups in total. The smallest absolute Gasteiger partial charge is 0.257 e. The number of morpholine rings is 1. The zero-order valence-corrected chi connectivity index (χ0v) is 13.1. The lowest BCUT2D eigenvalue weighted by atomic mass is 10.1. The van der Waals surface area contributed by atoms with Crippen molar-refractivity contribution < 1.29 is 13.9 Å². The molecular weight excluding hydrogens is 297 g/mol. The van der Waals surface area contributed by atoms with Gasteiger partial charge in [-0.3, -0.25) is 4.79 Å². The molecule has 1 fully saturated rings. The van der Waals surface area contributed by atoms with Gasteiger partial charge in [-0.2, -0.15) is 0 Å². The summed E-state index contributed by atoms with van der Waals surface area (Å²) in [5, 5.41) is 0. The number of carbonyl (C=O) groups excluding carboxylic acids is 1. The van der Waals surface area contributed by atoms with Crippen LogP contribution in [0.15, 0.2) is 30.5 Å². The molecule has 23 heavy (non-hydrogen) atoms. The molecule has 1 unspecified atom stereocenters. The maximum absolute atomic E-state index is 13.4. The summed E-state index contributed by atoms with van der Waals surface area (Å²) in [6, 6.07) is 6.29. The van der Waals surface area contributed by atoms with Crippen molar-refractivity contribution in [3.8, 4) is 0 Å². The first-order chi connectivity index (χ1) is 11.0. The highest BCUT2D eigenvalue weighted by molar-refractivity contribution is 5.95. The molecule has 1 saturated heterocycles. The van der Waals surface area contributed by atoms with Gasteiger partial charge in [0, 0.05) is 12.7 Å². The van der Waals surface area contributed by atoms with Crippen LogP contribution in [-0.2, 0) is 4.74 Å². The molecule has 5 nitrogen and oxygen atoms in total. The van der Waals surface area contributed by atoms with Crippen LogP contribution < -0.4 is 0 Å². The molecule has 0 radical (unpaired) electrons. The van der Waals surface area contributed by atoms with E-state index in [1.54, 1.807) is 31.0 Å². The Morgan fingerprint density at radius 2 is 2.22 bits per heavy atom. The number of carbonyl (C=O) groups is 1. The van der Waals surface area contributed by atoms with Crippen LogP contribution in [0.25, 0.3) is 0 Å². The molecule has 2 heterocycles. The lowest BCUT2D eigenvalue weighted by Crippen LogP contribution is -2.42. The topological polar surface area (TPSA) is 55.3 Å². The fraction of sp³-hybridized carbons (Fsp3) is 0.353. The Morgan fingerprint density at radius 3 is 2.96 bits per heavy atom. The van der Waals surface area contributed by atoms with Crippen molar-refractivity contribution in [2.75, 3.05) is 19.7 Å². The van der Waals surface area contributed by atoms with Crippen LogP contribution in [0.5, 0.6) is 0 Å². The summed E-state index contributed by atoms with van der Waals surface area (Å²) >= 11 is 0. The third-order valence-corrected chi connectivity index (χ3v) is 3.90. The highest BCUT2D eigenvalue weighted by Crippen LogP contribution is 2.24. The van der Waals surface area contributed by atoms with Gasteiger partial charge in [0.05, 0.1) is 24.4 Å². The van der Waals surface area contributed by atoms with Crippen molar-refractivity contribution in [2.45, 2.75) is 20.0 Å². The van der Waals surface area contributed by atoms with Crippen molar-refractivity contribution in [2.24, 2.45) is 0 Å². The van der Waals surface area contributed by atoms with Crippen LogP contribution in [0.1, 0.15) is 33.5 Å². The molecule has 6 heteroatoms. The summed E-state index contributed by atoms with van der Waals surface area (Å²) in [7, 11) is 0. The average Bonchev–Trinajstić information content (AvgIpc) is 2.54. The van der Waals surface area contributed by atoms with E-state index in [9.17, 15) is 9.18 Å². The fourth-order valence-corrected chi connectivity index (χ4v) is 2.71. The van der Waals surface area contributed by atoms with Gasteiger partial charge in [-0.25, -0.2) is 14.4 Å². The van der Waals surface area contributed by atoms with Crippen LogP contribution in [0, 0.1) is 19.7 Å². The second kappa shape index (κ2) is 6.42. The summed E-state index contributed by atoms with van der Waals surface area (Å²) in [5.41, 5.74) is 1.89. The highest BCUT2D eigenvalue weighted by atomic mass is 19.1. The Balaban J connectivity index is 1.79. The van der Waals surface area contributed by atoms with E-state index < -0.39 is 0 Å². The van der Waals surface area contributed by atoms with E-state index in [1.165, 1.54) is 12.1 Å². The average molecular weight is 315 g/mol. The molecule has 0 aliphatic carbocycles. The van der Waals surface area contributed by atoms with Crippen molar-refractivity contribution in [3.05, 3.63) is 58.9 Å². The van der Waals surface area contributed by atoms with E-state index in [0.717, 1.165) is 5.56 Å². The zero-order chi connectivity index (χ0) is 16.4. The molecule has 1 atom stereocenters. The molecule has 1 aliphatic heterocycles. The monoisotopic (exact) mass is 315 g/mol. The number of amides is 1. The van der Waals surface area contributed by atoms with Gasteiger partial charge in [0.1, 0.15) is 17.7 Å². The van der Waals surface area contributed by atoms with Gasteiger partial charge in [0.25, 0.3) is 5.91 Å². The van der Waals surface area contributed by atoms with Gasteiger partial charge in [-0.05, 0) is 31.5 Å². The molecule has 1 amide bonds. The first-order valence-electron chi connectivity index (χ1n) is 7.51. The van der Waals surface area contributed by atoms with Crippen molar-refractivity contribution in [1.29, 1.82) is 0 Å². The number of nitrogens with zero attached hydrogens (tertiary/aromatic N) is 3. The standard InChI is InChI=1S/C17H18FN3O2/c1-11-15(9-19-12(2)20-11)17(22)21-6-7-23-16(10-21)13-4-3-5-14(18)8-13/h3-5,8-9,16H,6-7,10H2,1-2H3. The molecule has 1 aliphatic rings. The van der Waals surface area contributed by atoms with Crippen molar-refractivity contribution in [1.82, 2.24) is 14.9 Å². The maximum Gasteiger partial charge on any atom is 0.257 e. The molecule has 120 valence electrons. The Kier molecular flexibility index (Phi) is 4.34. The van der Waals surface area contributed by atoms with Crippen LogP contribution >= 0.6 is 0 Å². The minimum Gasteiger partial charge on any atom is -0.370 e. The highest BCUT2D eigenvalue weighted by Gasteiger charge is 2.27. The number of ether oxygens (including phenoxy) is 1. The largest absolute Gasteiger partial charge is 0.370 e. The summed E-state index contributed by atoms with van der Waals surface area (Å²) in [6.07, 6.45) is 1.24.